The molecule has 2 N–H and O–H groups in total. The van der Waals surface area contributed by atoms with Crippen LogP contribution in [0.5, 0.6) is 0 Å². The molecule has 0 aromatic carbocycles. The van der Waals surface area contributed by atoms with Crippen LogP contribution in [0.4, 0.5) is 0 Å². The third kappa shape index (κ3) is 7.15. The maximum absolute atomic E-state index is 5.82. The lowest BCUT2D eigenvalue weighted by Gasteiger charge is -2.30. The van der Waals surface area contributed by atoms with Crippen molar-refractivity contribution in [2.45, 2.75) is 84.2 Å². The largest absolute Gasteiger partial charge is 0.443 e. The highest BCUT2D eigenvalue weighted by Gasteiger charge is 2.22. The summed E-state index contributed by atoms with van der Waals surface area (Å²) in [5.41, 5.74) is -0.0116. The maximum atomic E-state index is 5.82. The molecule has 0 saturated heterocycles. The summed E-state index contributed by atoms with van der Waals surface area (Å²) in [5.74, 6) is 3.38. The molecular weight excluding hydrogens is 427 g/mol. The number of guanidine groups is 1. The minimum atomic E-state index is -0.0116. The van der Waals surface area contributed by atoms with Crippen LogP contribution in [-0.4, -0.2) is 24.0 Å². The van der Waals surface area contributed by atoms with Crippen molar-refractivity contribution in [3.8, 4) is 0 Å². The molecule has 0 atom stereocenters. The summed E-state index contributed by atoms with van der Waals surface area (Å²) in [7, 11) is 1.81. The molecule has 1 aromatic rings. The quantitative estimate of drug-likeness (QED) is 0.381. The van der Waals surface area contributed by atoms with Gasteiger partial charge in [-0.25, -0.2) is 4.98 Å². The van der Waals surface area contributed by atoms with Gasteiger partial charge < -0.3 is 15.1 Å². The van der Waals surface area contributed by atoms with E-state index >= 15 is 0 Å². The van der Waals surface area contributed by atoms with Crippen molar-refractivity contribution in [1.29, 1.82) is 0 Å². The van der Waals surface area contributed by atoms with E-state index in [1.54, 1.807) is 0 Å². The number of halogens is 1. The molecule has 0 amide bonds. The summed E-state index contributed by atoms with van der Waals surface area (Å²) in [6.45, 7) is 9.21. The average molecular weight is 462 g/mol. The zero-order chi connectivity index (χ0) is 17.6. The molecule has 1 aliphatic carbocycles. The Balaban J connectivity index is 0.00000312. The van der Waals surface area contributed by atoms with Gasteiger partial charge in [-0.15, -0.1) is 24.0 Å². The summed E-state index contributed by atoms with van der Waals surface area (Å²) in [4.78, 5) is 8.69. The van der Waals surface area contributed by atoms with Gasteiger partial charge in [0.1, 0.15) is 5.76 Å². The third-order valence-corrected chi connectivity index (χ3v) is 4.81. The van der Waals surface area contributed by atoms with Crippen molar-refractivity contribution < 1.29 is 4.42 Å². The highest BCUT2D eigenvalue weighted by molar-refractivity contribution is 14.0. The Morgan fingerprint density at radius 2 is 1.96 bits per heavy atom. The molecular formula is C19H35IN4O. The monoisotopic (exact) mass is 462 g/mol. The van der Waals surface area contributed by atoms with Gasteiger partial charge in [-0.2, -0.15) is 0 Å². The van der Waals surface area contributed by atoms with Crippen LogP contribution in [0.3, 0.4) is 0 Å². The molecule has 25 heavy (non-hydrogen) atoms. The summed E-state index contributed by atoms with van der Waals surface area (Å²) < 4.78 is 5.82. The lowest BCUT2D eigenvalue weighted by molar-refractivity contribution is 0.294. The zero-order valence-corrected chi connectivity index (χ0v) is 18.7. The van der Waals surface area contributed by atoms with Crippen LogP contribution < -0.4 is 10.6 Å². The van der Waals surface area contributed by atoms with Crippen LogP contribution >= 0.6 is 24.0 Å². The molecule has 0 aliphatic heterocycles. The number of hydrogen-bond donors (Lipinski definition) is 2. The van der Waals surface area contributed by atoms with Gasteiger partial charge in [-0.1, -0.05) is 40.5 Å². The van der Waals surface area contributed by atoms with E-state index in [1.807, 2.05) is 13.2 Å². The van der Waals surface area contributed by atoms with Gasteiger partial charge in [0.2, 0.25) is 5.89 Å². The van der Waals surface area contributed by atoms with E-state index in [4.69, 9.17) is 4.42 Å². The highest BCUT2D eigenvalue weighted by atomic mass is 127. The van der Waals surface area contributed by atoms with Crippen LogP contribution in [0.25, 0.3) is 0 Å². The van der Waals surface area contributed by atoms with E-state index in [0.717, 1.165) is 17.6 Å². The van der Waals surface area contributed by atoms with Crippen LogP contribution in [0.15, 0.2) is 15.6 Å². The van der Waals surface area contributed by atoms with Crippen molar-refractivity contribution in [3.63, 3.8) is 0 Å². The minimum absolute atomic E-state index is 0. The fourth-order valence-electron chi connectivity index (χ4n) is 3.29. The second kappa shape index (κ2) is 10.4. The van der Waals surface area contributed by atoms with E-state index in [2.05, 4.69) is 48.3 Å². The predicted octanol–water partition coefficient (Wildman–Crippen LogP) is 4.61. The lowest BCUT2D eigenvalue weighted by Crippen LogP contribution is -2.44. The first-order chi connectivity index (χ1) is 11.4. The van der Waals surface area contributed by atoms with Crippen molar-refractivity contribution in [1.82, 2.24) is 15.6 Å². The van der Waals surface area contributed by atoms with Gasteiger partial charge in [0.05, 0.1) is 12.7 Å². The number of nitrogens with one attached hydrogen (secondary N) is 2. The van der Waals surface area contributed by atoms with Gasteiger partial charge >= 0.3 is 0 Å². The first-order valence-corrected chi connectivity index (χ1v) is 9.34. The van der Waals surface area contributed by atoms with Gasteiger partial charge in [0.15, 0.2) is 5.96 Å². The second-order valence-electron chi connectivity index (χ2n) is 7.94. The Hall–Kier alpha value is -0.790. The Labute approximate surface area is 169 Å². The summed E-state index contributed by atoms with van der Waals surface area (Å²) in [6, 6.07) is 0.527. The van der Waals surface area contributed by atoms with Crippen LogP contribution in [0.2, 0.25) is 0 Å². The number of hydrogen-bond acceptors (Lipinski definition) is 3. The normalized spacial score (nSPS) is 21.6. The molecule has 6 heteroatoms. The molecule has 0 unspecified atom stereocenters. The highest BCUT2D eigenvalue weighted by Crippen LogP contribution is 2.27. The Bertz CT molecular complexity index is 528. The molecule has 1 aromatic heterocycles. The molecule has 1 aliphatic rings. The first-order valence-electron chi connectivity index (χ1n) is 9.34. The fraction of sp³-hybridized carbons (Fsp3) is 0.789. The zero-order valence-electron chi connectivity index (χ0n) is 16.4. The average Bonchev–Trinajstić information content (AvgIpc) is 3.02. The number of aliphatic imine (C=N–C) groups is 1. The minimum Gasteiger partial charge on any atom is -0.443 e. The van der Waals surface area contributed by atoms with E-state index < -0.39 is 0 Å². The molecule has 1 saturated carbocycles. The fourth-order valence-corrected chi connectivity index (χ4v) is 3.29. The maximum Gasteiger partial charge on any atom is 0.213 e. The molecule has 144 valence electrons. The molecule has 1 fully saturated rings. The number of oxazole rings is 1. The van der Waals surface area contributed by atoms with Crippen molar-refractivity contribution >= 4 is 29.9 Å². The molecule has 0 radical (unpaired) electrons. The molecule has 2 rings (SSSR count). The summed E-state index contributed by atoms with van der Waals surface area (Å²) in [6.07, 6.45) is 9.63. The van der Waals surface area contributed by atoms with E-state index in [9.17, 15) is 0 Å². The molecule has 5 nitrogen and oxygen atoms in total. The van der Waals surface area contributed by atoms with Crippen molar-refractivity contribution in [2.75, 3.05) is 7.05 Å². The summed E-state index contributed by atoms with van der Waals surface area (Å²) >= 11 is 0. The Morgan fingerprint density at radius 3 is 2.48 bits per heavy atom. The smallest absolute Gasteiger partial charge is 0.213 e. The van der Waals surface area contributed by atoms with Crippen molar-refractivity contribution in [3.05, 3.63) is 17.8 Å². The number of nitrogens with zero attached hydrogens (tertiary/aromatic N) is 2. The standard InChI is InChI=1S/C19H34N4O.HI/c1-6-7-14-8-10-15(11-9-14)23-18(20-5)22-13-17-21-12-16(24-17)19(2,3)4;/h12,14-15H,6-11,13H2,1-5H3,(H2,20,22,23);1H. The van der Waals surface area contributed by atoms with Gasteiger partial charge in [-0.05, 0) is 31.6 Å². The van der Waals surface area contributed by atoms with Crippen molar-refractivity contribution in [2.24, 2.45) is 10.9 Å². The van der Waals surface area contributed by atoms with Crippen LogP contribution in [0, 0.1) is 5.92 Å². The number of rotatable bonds is 5. The van der Waals surface area contributed by atoms with E-state index in [1.165, 1.54) is 38.5 Å². The third-order valence-electron chi connectivity index (χ3n) is 4.81. The van der Waals surface area contributed by atoms with Gasteiger partial charge in [-0.3, -0.25) is 4.99 Å². The topological polar surface area (TPSA) is 62.5 Å². The van der Waals surface area contributed by atoms with Gasteiger partial charge in [0.25, 0.3) is 0 Å². The number of aromatic nitrogens is 1. The van der Waals surface area contributed by atoms with E-state index in [-0.39, 0.29) is 29.4 Å². The SMILES string of the molecule is CCCC1CCC(NC(=NC)NCc2ncc(C(C)(C)C)o2)CC1.I. The van der Waals surface area contributed by atoms with Crippen LogP contribution in [0.1, 0.15) is 77.9 Å². The van der Waals surface area contributed by atoms with Crippen LogP contribution in [-0.2, 0) is 12.0 Å². The molecule has 1 heterocycles. The van der Waals surface area contributed by atoms with Gasteiger partial charge in [0, 0.05) is 18.5 Å². The lowest BCUT2D eigenvalue weighted by atomic mass is 9.83. The molecule has 0 spiro atoms. The Kier molecular flexibility index (Phi) is 9.24. The first kappa shape index (κ1) is 22.3. The molecule has 0 bridgehead atoms. The second-order valence-corrected chi connectivity index (χ2v) is 7.94. The predicted molar refractivity (Wildman–Crippen MR) is 115 cm³/mol. The van der Waals surface area contributed by atoms with E-state index in [0.29, 0.717) is 18.5 Å². The summed E-state index contributed by atoms with van der Waals surface area (Å²) in [5, 5.41) is 6.86. The Morgan fingerprint density at radius 1 is 1.28 bits per heavy atom.